The normalized spacial score (nSPS) is 22.6. The standard InChI is InChI=1S/C4H8Cl4N2O2P2/c5-13(6,11)9-1-2-10(4-3-9)14(7,8)12/h1-4H2. The van der Waals surface area contributed by atoms with E-state index in [1.807, 2.05) is 0 Å². The topological polar surface area (TPSA) is 40.6 Å². The predicted molar refractivity (Wildman–Crippen MR) is 61.8 cm³/mol. The summed E-state index contributed by atoms with van der Waals surface area (Å²) in [6, 6.07) is 0. The second-order valence-electron chi connectivity index (χ2n) is 2.78. The van der Waals surface area contributed by atoms with Crippen molar-refractivity contribution in [3.63, 3.8) is 0 Å². The Balaban J connectivity index is 2.56. The van der Waals surface area contributed by atoms with Crippen molar-refractivity contribution in [3.05, 3.63) is 0 Å². The minimum atomic E-state index is -3.24. The van der Waals surface area contributed by atoms with Crippen LogP contribution in [0, 0.1) is 0 Å². The Morgan fingerprint density at radius 2 is 0.929 bits per heavy atom. The summed E-state index contributed by atoms with van der Waals surface area (Å²) in [7, 11) is 0. The number of nitrogens with zero attached hydrogens (tertiary/aromatic N) is 2. The lowest BCUT2D eigenvalue weighted by Crippen LogP contribution is -2.40. The summed E-state index contributed by atoms with van der Waals surface area (Å²) in [4.78, 5) is 0. The van der Waals surface area contributed by atoms with E-state index in [0.717, 1.165) is 0 Å². The van der Waals surface area contributed by atoms with Gasteiger partial charge in [-0.25, -0.2) is 9.34 Å². The van der Waals surface area contributed by atoms with Crippen LogP contribution in [0.4, 0.5) is 0 Å². The average Bonchev–Trinajstić information content (AvgIpc) is 2.01. The molecular weight excluding hydrogens is 312 g/mol. The molecule has 10 heteroatoms. The molecule has 0 unspecified atom stereocenters. The molecule has 0 amide bonds. The predicted octanol–water partition coefficient (Wildman–Crippen LogP) is 3.78. The first-order valence-electron chi connectivity index (χ1n) is 3.71. The van der Waals surface area contributed by atoms with E-state index in [9.17, 15) is 9.13 Å². The van der Waals surface area contributed by atoms with E-state index >= 15 is 0 Å². The molecule has 0 aromatic heterocycles. The molecule has 1 fully saturated rings. The molecule has 1 aliphatic rings. The maximum Gasteiger partial charge on any atom is 0.322 e. The lowest BCUT2D eigenvalue weighted by atomic mass is 10.4. The van der Waals surface area contributed by atoms with Crippen LogP contribution in [0.2, 0.25) is 0 Å². The molecule has 0 atom stereocenters. The molecule has 4 nitrogen and oxygen atoms in total. The summed E-state index contributed by atoms with van der Waals surface area (Å²) >= 11 is 21.9. The van der Waals surface area contributed by atoms with Crippen molar-refractivity contribution in [1.29, 1.82) is 0 Å². The van der Waals surface area contributed by atoms with Crippen molar-refractivity contribution in [2.45, 2.75) is 0 Å². The van der Waals surface area contributed by atoms with Gasteiger partial charge in [-0.05, 0) is 45.0 Å². The van der Waals surface area contributed by atoms with E-state index in [4.69, 9.17) is 45.0 Å². The van der Waals surface area contributed by atoms with Crippen LogP contribution < -0.4 is 0 Å². The zero-order valence-corrected chi connectivity index (χ0v) is 11.8. The van der Waals surface area contributed by atoms with Gasteiger partial charge in [0.2, 0.25) is 0 Å². The van der Waals surface area contributed by atoms with Crippen molar-refractivity contribution in [3.8, 4) is 0 Å². The van der Waals surface area contributed by atoms with Crippen LogP contribution in [0.3, 0.4) is 0 Å². The summed E-state index contributed by atoms with van der Waals surface area (Å²) < 4.78 is 25.3. The fraction of sp³-hybridized carbons (Fsp3) is 1.00. The second kappa shape index (κ2) is 4.81. The zero-order valence-electron chi connectivity index (χ0n) is 6.95. The zero-order chi connectivity index (χ0) is 11.0. The van der Waals surface area contributed by atoms with Crippen molar-refractivity contribution in [2.75, 3.05) is 26.2 Å². The minimum Gasteiger partial charge on any atom is -0.271 e. The summed E-state index contributed by atoms with van der Waals surface area (Å²) in [5, 5.41) is 0. The quantitative estimate of drug-likeness (QED) is 0.726. The third kappa shape index (κ3) is 3.84. The molecule has 84 valence electrons. The molecule has 0 spiro atoms. The van der Waals surface area contributed by atoms with Crippen LogP contribution in [0.15, 0.2) is 0 Å². The van der Waals surface area contributed by atoms with E-state index in [1.54, 1.807) is 0 Å². The van der Waals surface area contributed by atoms with Gasteiger partial charge in [-0.1, -0.05) is 0 Å². The maximum absolute atomic E-state index is 11.2. The molecular formula is C4H8Cl4N2O2P2. The van der Waals surface area contributed by atoms with Gasteiger partial charge in [-0.2, -0.15) is 0 Å². The number of rotatable bonds is 2. The van der Waals surface area contributed by atoms with Crippen molar-refractivity contribution in [2.24, 2.45) is 0 Å². The summed E-state index contributed by atoms with van der Waals surface area (Å²) in [5.41, 5.74) is 0. The monoisotopic (exact) mass is 318 g/mol. The molecule has 0 saturated carbocycles. The molecule has 1 heterocycles. The maximum atomic E-state index is 11.2. The number of halogens is 4. The Labute approximate surface area is 101 Å². The van der Waals surface area contributed by atoms with E-state index < -0.39 is 12.0 Å². The first-order chi connectivity index (χ1) is 6.21. The molecule has 1 rings (SSSR count). The van der Waals surface area contributed by atoms with Crippen molar-refractivity contribution in [1.82, 2.24) is 9.34 Å². The van der Waals surface area contributed by atoms with E-state index in [0.29, 0.717) is 26.2 Å². The molecule has 0 aliphatic carbocycles. The van der Waals surface area contributed by atoms with Crippen molar-refractivity contribution < 1.29 is 9.13 Å². The van der Waals surface area contributed by atoms with Crippen LogP contribution in [-0.4, -0.2) is 35.5 Å². The van der Waals surface area contributed by atoms with Crippen LogP contribution in [-0.2, 0) is 9.13 Å². The lowest BCUT2D eigenvalue weighted by Gasteiger charge is -2.34. The summed E-state index contributed by atoms with van der Waals surface area (Å²) in [5.74, 6) is -6.49. The fourth-order valence-electron chi connectivity index (χ4n) is 1.15. The highest BCUT2D eigenvalue weighted by Crippen LogP contribution is 2.63. The third-order valence-corrected chi connectivity index (χ3v) is 6.57. The summed E-state index contributed by atoms with van der Waals surface area (Å²) in [6.45, 7) is 1.36. The van der Waals surface area contributed by atoms with Gasteiger partial charge in [0, 0.05) is 26.2 Å². The Morgan fingerprint density at radius 3 is 1.07 bits per heavy atom. The lowest BCUT2D eigenvalue weighted by molar-refractivity contribution is 0.283. The van der Waals surface area contributed by atoms with E-state index in [-0.39, 0.29) is 0 Å². The van der Waals surface area contributed by atoms with E-state index in [2.05, 4.69) is 0 Å². The van der Waals surface area contributed by atoms with Crippen LogP contribution >= 0.6 is 57.0 Å². The number of hydrogen-bond acceptors (Lipinski definition) is 2. The molecule has 0 aromatic rings. The number of hydrogen-bond donors (Lipinski definition) is 0. The third-order valence-electron chi connectivity index (χ3n) is 1.89. The van der Waals surface area contributed by atoms with Crippen LogP contribution in [0.5, 0.6) is 0 Å². The van der Waals surface area contributed by atoms with Crippen molar-refractivity contribution >= 4 is 57.0 Å². The highest BCUT2D eigenvalue weighted by Gasteiger charge is 2.34. The number of piperazine rings is 1. The Morgan fingerprint density at radius 1 is 0.714 bits per heavy atom. The molecule has 1 aliphatic heterocycles. The highest BCUT2D eigenvalue weighted by molar-refractivity contribution is 8.07. The average molecular weight is 320 g/mol. The fourth-order valence-corrected chi connectivity index (χ4v) is 4.25. The van der Waals surface area contributed by atoms with Gasteiger partial charge in [0.15, 0.2) is 0 Å². The molecule has 14 heavy (non-hydrogen) atoms. The smallest absolute Gasteiger partial charge is 0.271 e. The van der Waals surface area contributed by atoms with Gasteiger partial charge < -0.3 is 0 Å². The largest absolute Gasteiger partial charge is 0.322 e. The summed E-state index contributed by atoms with van der Waals surface area (Å²) in [6.07, 6.45) is 0. The molecule has 0 radical (unpaired) electrons. The Bertz CT molecular complexity index is 264. The van der Waals surface area contributed by atoms with Gasteiger partial charge >= 0.3 is 12.0 Å². The van der Waals surface area contributed by atoms with Gasteiger partial charge in [0.1, 0.15) is 0 Å². The second-order valence-corrected chi connectivity index (χ2v) is 12.2. The Hall–Kier alpha value is 1.54. The van der Waals surface area contributed by atoms with Gasteiger partial charge in [0.25, 0.3) is 0 Å². The molecule has 1 saturated heterocycles. The van der Waals surface area contributed by atoms with Gasteiger partial charge in [-0.15, -0.1) is 0 Å². The first-order valence-corrected chi connectivity index (χ1v) is 10.6. The van der Waals surface area contributed by atoms with Crippen LogP contribution in [0.25, 0.3) is 0 Å². The Kier molecular flexibility index (Phi) is 4.67. The first kappa shape index (κ1) is 13.6. The molecule has 0 N–H and O–H groups in total. The van der Waals surface area contributed by atoms with Gasteiger partial charge in [0.05, 0.1) is 0 Å². The van der Waals surface area contributed by atoms with Gasteiger partial charge in [-0.3, -0.25) is 9.13 Å². The molecule has 0 bridgehead atoms. The van der Waals surface area contributed by atoms with E-state index in [1.165, 1.54) is 9.34 Å². The SMILES string of the molecule is O=P(Cl)(Cl)N1CCN(P(=O)(Cl)Cl)CC1. The molecule has 0 aromatic carbocycles. The minimum absolute atomic E-state index is 0.341. The van der Waals surface area contributed by atoms with Crippen LogP contribution in [0.1, 0.15) is 0 Å². The highest BCUT2D eigenvalue weighted by atomic mass is 35.9.